The van der Waals surface area contributed by atoms with E-state index >= 15 is 0 Å². The molecule has 0 spiro atoms. The van der Waals surface area contributed by atoms with Crippen LogP contribution in [0.3, 0.4) is 0 Å². The van der Waals surface area contributed by atoms with E-state index in [1.54, 1.807) is 30.3 Å². The molecule has 0 aliphatic rings. The predicted octanol–water partition coefficient (Wildman–Crippen LogP) is 1.78. The third kappa shape index (κ3) is 6.05. The SMILES string of the molecule is Cc1cccc(CC(CNC(=O)CNC(=O)c2ccccc2)C(=O)O)c1. The number of hydrogen-bond donors (Lipinski definition) is 3. The first-order valence-electron chi connectivity index (χ1n) is 8.34. The van der Waals surface area contributed by atoms with Crippen molar-refractivity contribution in [1.29, 1.82) is 0 Å². The van der Waals surface area contributed by atoms with Gasteiger partial charge in [-0.05, 0) is 31.0 Å². The van der Waals surface area contributed by atoms with Crippen molar-refractivity contribution in [1.82, 2.24) is 10.6 Å². The van der Waals surface area contributed by atoms with Crippen molar-refractivity contribution in [2.75, 3.05) is 13.1 Å². The van der Waals surface area contributed by atoms with Gasteiger partial charge in [0.25, 0.3) is 5.91 Å². The van der Waals surface area contributed by atoms with Crippen molar-refractivity contribution in [3.8, 4) is 0 Å². The topological polar surface area (TPSA) is 95.5 Å². The Morgan fingerprint density at radius 2 is 1.73 bits per heavy atom. The number of benzene rings is 2. The molecule has 0 radical (unpaired) electrons. The number of aliphatic carboxylic acids is 1. The zero-order chi connectivity index (χ0) is 18.9. The smallest absolute Gasteiger partial charge is 0.308 e. The van der Waals surface area contributed by atoms with Crippen LogP contribution in [0.1, 0.15) is 21.5 Å². The summed E-state index contributed by atoms with van der Waals surface area (Å²) in [5.41, 5.74) is 2.42. The first-order valence-corrected chi connectivity index (χ1v) is 8.34. The van der Waals surface area contributed by atoms with Crippen LogP contribution in [0.25, 0.3) is 0 Å². The molecule has 2 aromatic rings. The molecule has 2 amide bonds. The van der Waals surface area contributed by atoms with Gasteiger partial charge in [-0.15, -0.1) is 0 Å². The Bertz CT molecular complexity index is 774. The Morgan fingerprint density at radius 3 is 2.38 bits per heavy atom. The van der Waals surface area contributed by atoms with Gasteiger partial charge in [0.15, 0.2) is 0 Å². The quantitative estimate of drug-likeness (QED) is 0.673. The highest BCUT2D eigenvalue weighted by Crippen LogP contribution is 2.11. The summed E-state index contributed by atoms with van der Waals surface area (Å²) in [6.07, 6.45) is 0.327. The summed E-state index contributed by atoms with van der Waals surface area (Å²) >= 11 is 0. The van der Waals surface area contributed by atoms with E-state index in [0.717, 1.165) is 11.1 Å². The first kappa shape index (κ1) is 19.2. The van der Waals surface area contributed by atoms with Crippen molar-refractivity contribution in [2.45, 2.75) is 13.3 Å². The van der Waals surface area contributed by atoms with E-state index in [0.29, 0.717) is 12.0 Å². The summed E-state index contributed by atoms with van der Waals surface area (Å²) in [5, 5.41) is 14.4. The summed E-state index contributed by atoms with van der Waals surface area (Å²) in [7, 11) is 0. The highest BCUT2D eigenvalue weighted by atomic mass is 16.4. The van der Waals surface area contributed by atoms with Crippen molar-refractivity contribution in [3.63, 3.8) is 0 Å². The van der Waals surface area contributed by atoms with Gasteiger partial charge in [-0.1, -0.05) is 48.0 Å². The van der Waals surface area contributed by atoms with Crippen LogP contribution in [0, 0.1) is 12.8 Å². The summed E-state index contributed by atoms with van der Waals surface area (Å²) in [5.74, 6) is -2.48. The molecule has 136 valence electrons. The minimum absolute atomic E-state index is 0.00329. The minimum atomic E-state index is -0.972. The van der Waals surface area contributed by atoms with Gasteiger partial charge in [0.05, 0.1) is 12.5 Å². The van der Waals surface area contributed by atoms with Gasteiger partial charge in [0.1, 0.15) is 0 Å². The molecule has 0 bridgehead atoms. The summed E-state index contributed by atoms with van der Waals surface area (Å²) in [4.78, 5) is 35.2. The number of amides is 2. The zero-order valence-corrected chi connectivity index (χ0v) is 14.6. The molecule has 3 N–H and O–H groups in total. The van der Waals surface area contributed by atoms with Crippen molar-refractivity contribution < 1.29 is 19.5 Å². The fourth-order valence-electron chi connectivity index (χ4n) is 2.52. The van der Waals surface area contributed by atoms with Crippen LogP contribution >= 0.6 is 0 Å². The Kier molecular flexibility index (Phi) is 6.91. The number of carbonyl (C=O) groups is 3. The van der Waals surface area contributed by atoms with E-state index in [1.807, 2.05) is 31.2 Å². The van der Waals surface area contributed by atoms with Gasteiger partial charge in [-0.3, -0.25) is 14.4 Å². The average molecular weight is 354 g/mol. The van der Waals surface area contributed by atoms with Gasteiger partial charge >= 0.3 is 5.97 Å². The minimum Gasteiger partial charge on any atom is -0.481 e. The third-order valence-corrected chi connectivity index (χ3v) is 3.90. The summed E-state index contributed by atoms with van der Waals surface area (Å²) < 4.78 is 0. The Hall–Kier alpha value is -3.15. The van der Waals surface area contributed by atoms with E-state index < -0.39 is 17.8 Å². The van der Waals surface area contributed by atoms with Gasteiger partial charge < -0.3 is 15.7 Å². The number of aryl methyl sites for hydroxylation is 1. The van der Waals surface area contributed by atoms with E-state index in [4.69, 9.17) is 0 Å². The van der Waals surface area contributed by atoms with Crippen molar-refractivity contribution >= 4 is 17.8 Å². The second-order valence-corrected chi connectivity index (χ2v) is 6.08. The molecule has 0 fully saturated rings. The number of carbonyl (C=O) groups excluding carboxylic acids is 2. The zero-order valence-electron chi connectivity index (χ0n) is 14.6. The van der Waals surface area contributed by atoms with Crippen LogP contribution < -0.4 is 10.6 Å². The molecule has 26 heavy (non-hydrogen) atoms. The number of carboxylic acids is 1. The summed E-state index contributed by atoms with van der Waals surface area (Å²) in [6.45, 7) is 1.74. The number of rotatable bonds is 8. The van der Waals surface area contributed by atoms with Crippen LogP contribution in [0.2, 0.25) is 0 Å². The molecule has 2 rings (SSSR count). The molecule has 6 nitrogen and oxygen atoms in total. The maximum Gasteiger partial charge on any atom is 0.308 e. The second-order valence-electron chi connectivity index (χ2n) is 6.08. The maximum absolute atomic E-state index is 11.9. The first-order chi connectivity index (χ1) is 12.5. The van der Waals surface area contributed by atoms with Gasteiger partial charge in [-0.2, -0.15) is 0 Å². The molecular weight excluding hydrogens is 332 g/mol. The average Bonchev–Trinajstić information content (AvgIpc) is 2.63. The molecule has 0 aromatic heterocycles. The Labute approximate surface area is 152 Å². The van der Waals surface area contributed by atoms with Gasteiger partial charge in [0.2, 0.25) is 5.91 Å². The summed E-state index contributed by atoms with van der Waals surface area (Å²) in [6, 6.07) is 16.2. The highest BCUT2D eigenvalue weighted by molar-refractivity contribution is 5.96. The largest absolute Gasteiger partial charge is 0.481 e. The molecule has 0 saturated carbocycles. The Morgan fingerprint density at radius 1 is 1.00 bits per heavy atom. The standard InChI is InChI=1S/C20H22N2O4/c1-14-6-5-7-15(10-14)11-17(20(25)26)12-21-18(23)13-22-19(24)16-8-3-2-4-9-16/h2-10,17H,11-13H2,1H3,(H,21,23)(H,22,24)(H,25,26). The van der Waals surface area contributed by atoms with Crippen molar-refractivity contribution in [2.24, 2.45) is 5.92 Å². The van der Waals surface area contributed by atoms with E-state index in [1.165, 1.54) is 0 Å². The number of nitrogens with one attached hydrogen (secondary N) is 2. The molecule has 0 saturated heterocycles. The fourth-order valence-corrected chi connectivity index (χ4v) is 2.52. The fraction of sp³-hybridized carbons (Fsp3) is 0.250. The maximum atomic E-state index is 11.9. The van der Waals surface area contributed by atoms with E-state index in [9.17, 15) is 19.5 Å². The van der Waals surface area contributed by atoms with E-state index in [2.05, 4.69) is 10.6 Å². The monoisotopic (exact) mass is 354 g/mol. The number of carboxylic acid groups (broad SMARTS) is 1. The lowest BCUT2D eigenvalue weighted by Gasteiger charge is -2.14. The third-order valence-electron chi connectivity index (χ3n) is 3.90. The Balaban J connectivity index is 1.81. The normalized spacial score (nSPS) is 11.4. The van der Waals surface area contributed by atoms with Crippen molar-refractivity contribution in [3.05, 3.63) is 71.3 Å². The lowest BCUT2D eigenvalue weighted by atomic mass is 9.98. The molecular formula is C20H22N2O4. The second kappa shape index (κ2) is 9.36. The van der Waals surface area contributed by atoms with Gasteiger partial charge in [-0.25, -0.2) is 0 Å². The molecule has 6 heteroatoms. The molecule has 2 aromatic carbocycles. The molecule has 1 unspecified atom stereocenters. The molecule has 0 aliphatic heterocycles. The lowest BCUT2D eigenvalue weighted by molar-refractivity contribution is -0.141. The van der Waals surface area contributed by atoms with Crippen LogP contribution in [-0.4, -0.2) is 36.0 Å². The van der Waals surface area contributed by atoms with Gasteiger partial charge in [0, 0.05) is 12.1 Å². The van der Waals surface area contributed by atoms with E-state index in [-0.39, 0.29) is 19.0 Å². The van der Waals surface area contributed by atoms with Crippen LogP contribution in [-0.2, 0) is 16.0 Å². The molecule has 1 atom stereocenters. The number of hydrogen-bond acceptors (Lipinski definition) is 3. The lowest BCUT2D eigenvalue weighted by Crippen LogP contribution is -2.40. The molecule has 0 heterocycles. The van der Waals surface area contributed by atoms with Crippen LogP contribution in [0.4, 0.5) is 0 Å². The van der Waals surface area contributed by atoms with Crippen LogP contribution in [0.5, 0.6) is 0 Å². The molecule has 0 aliphatic carbocycles. The predicted molar refractivity (Wildman–Crippen MR) is 97.8 cm³/mol. The van der Waals surface area contributed by atoms with Crippen LogP contribution in [0.15, 0.2) is 54.6 Å². The highest BCUT2D eigenvalue weighted by Gasteiger charge is 2.19.